The Morgan fingerprint density at radius 2 is 0.754 bits per heavy atom. The Labute approximate surface area is 353 Å². The van der Waals surface area contributed by atoms with E-state index in [-0.39, 0.29) is 0 Å². The van der Waals surface area contributed by atoms with Crippen LogP contribution in [0.2, 0.25) is 0 Å². The minimum Gasteiger partial charge on any atom is -0.306 e. The maximum absolute atomic E-state index is 5.38. The van der Waals surface area contributed by atoms with Gasteiger partial charge in [-0.2, -0.15) is 0 Å². The molecule has 12 aromatic rings. The van der Waals surface area contributed by atoms with E-state index in [1.54, 1.807) is 0 Å². The number of benzene rings is 9. The second kappa shape index (κ2) is 14.3. The largest absolute Gasteiger partial charge is 0.306 e. The lowest BCUT2D eigenvalue weighted by Crippen LogP contribution is -1.94. The molecular formula is C58H37N3. The molecule has 0 aliphatic carbocycles. The third kappa shape index (κ3) is 5.90. The van der Waals surface area contributed by atoms with Gasteiger partial charge in [0.15, 0.2) is 0 Å². The fraction of sp³-hybridized carbons (Fsp3) is 0. The van der Waals surface area contributed by atoms with Crippen LogP contribution in [-0.2, 0) is 0 Å². The summed E-state index contributed by atoms with van der Waals surface area (Å²) in [6.07, 6.45) is 4.23. The van der Waals surface area contributed by atoms with Crippen molar-refractivity contribution in [2.24, 2.45) is 0 Å². The molecule has 3 heterocycles. The van der Waals surface area contributed by atoms with Crippen molar-refractivity contribution in [3.63, 3.8) is 0 Å². The first-order valence-electron chi connectivity index (χ1n) is 20.8. The van der Waals surface area contributed by atoms with E-state index < -0.39 is 0 Å². The molecule has 0 amide bonds. The normalized spacial score (nSPS) is 11.6. The number of pyridine rings is 2. The van der Waals surface area contributed by atoms with Gasteiger partial charge in [-0.15, -0.1) is 0 Å². The lowest BCUT2D eigenvalue weighted by molar-refractivity contribution is 1.20. The van der Waals surface area contributed by atoms with Crippen molar-refractivity contribution in [1.82, 2.24) is 14.4 Å². The molecule has 3 aromatic heterocycles. The molecule has 3 heteroatoms. The first kappa shape index (κ1) is 34.9. The molecule has 0 unspecified atom stereocenters. The van der Waals surface area contributed by atoms with E-state index >= 15 is 0 Å². The Hall–Kier alpha value is -8.14. The van der Waals surface area contributed by atoms with Crippen LogP contribution >= 0.6 is 0 Å². The summed E-state index contributed by atoms with van der Waals surface area (Å²) in [6, 6.07) is 76.2. The molecular weight excluding hydrogens is 739 g/mol. The Bertz CT molecular complexity index is 3540. The molecule has 284 valence electrons. The molecule has 0 bridgehead atoms. The minimum absolute atomic E-state index is 0.924. The van der Waals surface area contributed by atoms with Crippen LogP contribution in [0.15, 0.2) is 225 Å². The summed E-state index contributed by atoms with van der Waals surface area (Å²) in [5, 5.41) is 8.25. The summed E-state index contributed by atoms with van der Waals surface area (Å²) >= 11 is 0. The lowest BCUT2D eigenvalue weighted by Gasteiger charge is -2.18. The van der Waals surface area contributed by atoms with E-state index in [2.05, 4.69) is 223 Å². The monoisotopic (exact) mass is 775 g/mol. The first-order valence-corrected chi connectivity index (χ1v) is 20.8. The minimum atomic E-state index is 0.924. The van der Waals surface area contributed by atoms with Crippen molar-refractivity contribution in [3.05, 3.63) is 225 Å². The summed E-state index contributed by atoms with van der Waals surface area (Å²) < 4.78 is 2.15. The number of fused-ring (bicyclic) bond motifs is 7. The van der Waals surface area contributed by atoms with Crippen LogP contribution in [0.4, 0.5) is 0 Å². The topological polar surface area (TPSA) is 30.2 Å². The standard InChI is InChI=1S/C58H37N3/c1-4-14-38(15-5-1)39-24-28-42(29-25-39)54-46-20-10-12-22-48(46)55(49-23-13-11-21-47(49)54)43-30-26-40(27-31-43)45-32-33-50-52(36-45)59-57(44-18-8-3-9-19-44)51-34-35-61-37-53(60-58(61)56(50)51)41-16-6-2-7-17-41/h1-37H. The van der Waals surface area contributed by atoms with Gasteiger partial charge in [0.1, 0.15) is 5.65 Å². The van der Waals surface area contributed by atoms with Gasteiger partial charge in [0, 0.05) is 39.7 Å². The van der Waals surface area contributed by atoms with Crippen molar-refractivity contribution in [3.8, 4) is 67.0 Å². The zero-order valence-corrected chi connectivity index (χ0v) is 33.2. The van der Waals surface area contributed by atoms with Gasteiger partial charge >= 0.3 is 0 Å². The molecule has 0 spiro atoms. The van der Waals surface area contributed by atoms with Crippen LogP contribution in [0.3, 0.4) is 0 Å². The molecule has 0 saturated carbocycles. The van der Waals surface area contributed by atoms with E-state index in [0.717, 1.165) is 61.0 Å². The predicted octanol–water partition coefficient (Wildman–Crippen LogP) is 15.3. The number of imidazole rings is 1. The van der Waals surface area contributed by atoms with Gasteiger partial charge in [-0.1, -0.05) is 200 Å². The molecule has 0 aliphatic heterocycles. The third-order valence-electron chi connectivity index (χ3n) is 12.2. The van der Waals surface area contributed by atoms with Crippen molar-refractivity contribution < 1.29 is 0 Å². The zero-order chi connectivity index (χ0) is 40.3. The maximum Gasteiger partial charge on any atom is 0.146 e. The maximum atomic E-state index is 5.38. The van der Waals surface area contributed by atoms with Crippen molar-refractivity contribution in [2.45, 2.75) is 0 Å². The van der Waals surface area contributed by atoms with E-state index in [0.29, 0.717) is 0 Å². The number of aromatic nitrogens is 3. The van der Waals surface area contributed by atoms with E-state index in [4.69, 9.17) is 9.97 Å². The average molecular weight is 776 g/mol. The van der Waals surface area contributed by atoms with Crippen LogP contribution in [-0.4, -0.2) is 14.4 Å². The Balaban J connectivity index is 0.983. The van der Waals surface area contributed by atoms with E-state index in [1.807, 2.05) is 6.07 Å². The molecule has 0 atom stereocenters. The van der Waals surface area contributed by atoms with Gasteiger partial charge in [-0.3, -0.25) is 0 Å². The number of rotatable bonds is 6. The second-order valence-corrected chi connectivity index (χ2v) is 15.7. The van der Waals surface area contributed by atoms with E-state index in [9.17, 15) is 0 Å². The van der Waals surface area contributed by atoms with Crippen LogP contribution in [0, 0.1) is 0 Å². The second-order valence-electron chi connectivity index (χ2n) is 15.7. The van der Waals surface area contributed by atoms with Gasteiger partial charge in [0.25, 0.3) is 0 Å². The first-order chi connectivity index (χ1) is 30.2. The van der Waals surface area contributed by atoms with E-state index in [1.165, 1.54) is 54.9 Å². The molecule has 12 rings (SSSR count). The summed E-state index contributed by atoms with van der Waals surface area (Å²) in [6.45, 7) is 0. The summed E-state index contributed by atoms with van der Waals surface area (Å²) in [5.41, 5.74) is 15.6. The lowest BCUT2D eigenvalue weighted by atomic mass is 9.85. The zero-order valence-electron chi connectivity index (χ0n) is 33.2. The Kier molecular flexibility index (Phi) is 8.17. The summed E-state index contributed by atoms with van der Waals surface area (Å²) in [5.74, 6) is 0. The van der Waals surface area contributed by atoms with Crippen LogP contribution in [0.1, 0.15) is 0 Å². The molecule has 0 fully saturated rings. The van der Waals surface area contributed by atoms with Gasteiger partial charge in [0.05, 0.1) is 16.9 Å². The van der Waals surface area contributed by atoms with Crippen LogP contribution in [0.5, 0.6) is 0 Å². The highest BCUT2D eigenvalue weighted by atomic mass is 15.0. The Morgan fingerprint density at radius 1 is 0.311 bits per heavy atom. The smallest absolute Gasteiger partial charge is 0.146 e. The number of hydrogen-bond acceptors (Lipinski definition) is 2. The number of hydrogen-bond donors (Lipinski definition) is 0. The fourth-order valence-electron chi connectivity index (χ4n) is 9.31. The fourth-order valence-corrected chi connectivity index (χ4v) is 9.31. The van der Waals surface area contributed by atoms with Gasteiger partial charge in [0.2, 0.25) is 0 Å². The molecule has 0 radical (unpaired) electrons. The highest BCUT2D eigenvalue weighted by Crippen LogP contribution is 2.44. The quantitative estimate of drug-likeness (QED) is 0.124. The highest BCUT2D eigenvalue weighted by Gasteiger charge is 2.19. The molecule has 3 nitrogen and oxygen atoms in total. The molecule has 61 heavy (non-hydrogen) atoms. The van der Waals surface area contributed by atoms with Gasteiger partial charge in [-0.25, -0.2) is 9.97 Å². The van der Waals surface area contributed by atoms with Gasteiger partial charge in [-0.05, 0) is 78.2 Å². The SMILES string of the molecule is c1ccc(-c2ccc(-c3c4ccccc4c(-c4ccc(-c5ccc6c(c5)nc(-c5ccccc5)c5ccn7cc(-c8ccccc8)nc7c56)cc4)c4ccccc34)cc2)cc1. The van der Waals surface area contributed by atoms with Gasteiger partial charge < -0.3 is 4.40 Å². The predicted molar refractivity (Wildman–Crippen MR) is 256 cm³/mol. The summed E-state index contributed by atoms with van der Waals surface area (Å²) in [7, 11) is 0. The third-order valence-corrected chi connectivity index (χ3v) is 12.2. The molecule has 0 aliphatic rings. The van der Waals surface area contributed by atoms with Crippen molar-refractivity contribution >= 4 is 48.9 Å². The van der Waals surface area contributed by atoms with Crippen molar-refractivity contribution in [2.75, 3.05) is 0 Å². The van der Waals surface area contributed by atoms with Crippen LogP contribution in [0.25, 0.3) is 116 Å². The summed E-state index contributed by atoms with van der Waals surface area (Å²) in [4.78, 5) is 10.6. The average Bonchev–Trinajstić information content (AvgIpc) is 3.79. The Morgan fingerprint density at radius 3 is 1.31 bits per heavy atom. The number of nitrogens with zero attached hydrogens (tertiary/aromatic N) is 3. The van der Waals surface area contributed by atoms with Crippen molar-refractivity contribution in [1.29, 1.82) is 0 Å². The molecule has 0 saturated heterocycles. The molecule has 0 N–H and O–H groups in total. The molecule has 9 aromatic carbocycles. The highest BCUT2D eigenvalue weighted by molar-refractivity contribution is 6.21. The van der Waals surface area contributed by atoms with Crippen LogP contribution < -0.4 is 0 Å².